The topological polar surface area (TPSA) is 60.0 Å². The zero-order chi connectivity index (χ0) is 14.9. The predicted molar refractivity (Wildman–Crippen MR) is 79.2 cm³/mol. The number of rotatable bonds is 9. The number of hydrogen-bond donors (Lipinski definition) is 1. The molecular weight excluding hydrogens is 272 g/mol. The standard InChI is InChI=1S/C15H28N2O4/c1-19-8-9-21-11-10-20-7-6-17-14-4-5-16-12-13(14)2-3-15(17)18/h13-14,16H,2-12H2,1H3. The fourth-order valence-corrected chi connectivity index (χ4v) is 3.17. The molecule has 0 aliphatic carbocycles. The maximum Gasteiger partial charge on any atom is 0.222 e. The van der Waals surface area contributed by atoms with Crippen LogP contribution in [-0.4, -0.2) is 76.6 Å². The van der Waals surface area contributed by atoms with Crippen LogP contribution in [-0.2, 0) is 19.0 Å². The van der Waals surface area contributed by atoms with Crippen LogP contribution in [0.3, 0.4) is 0 Å². The highest BCUT2D eigenvalue weighted by Crippen LogP contribution is 2.28. The van der Waals surface area contributed by atoms with E-state index in [1.54, 1.807) is 7.11 Å². The minimum absolute atomic E-state index is 0.290. The Labute approximate surface area is 127 Å². The summed E-state index contributed by atoms with van der Waals surface area (Å²) in [5, 5.41) is 3.42. The summed E-state index contributed by atoms with van der Waals surface area (Å²) in [6.45, 7) is 5.71. The number of carbonyl (C=O) groups excluding carboxylic acids is 1. The lowest BCUT2D eigenvalue weighted by Crippen LogP contribution is -2.55. The molecule has 2 fully saturated rings. The Balaban J connectivity index is 1.61. The summed E-state index contributed by atoms with van der Waals surface area (Å²) >= 11 is 0. The molecule has 6 nitrogen and oxygen atoms in total. The molecule has 2 saturated heterocycles. The van der Waals surface area contributed by atoms with Crippen LogP contribution in [0.1, 0.15) is 19.3 Å². The predicted octanol–water partition coefficient (Wildman–Crippen LogP) is 0.267. The SMILES string of the molecule is COCCOCCOCCN1C(=O)CCC2CNCCC21. The van der Waals surface area contributed by atoms with Crippen molar-refractivity contribution in [2.45, 2.75) is 25.3 Å². The van der Waals surface area contributed by atoms with Gasteiger partial charge in [-0.2, -0.15) is 0 Å². The monoisotopic (exact) mass is 300 g/mol. The largest absolute Gasteiger partial charge is 0.382 e. The highest BCUT2D eigenvalue weighted by Gasteiger charge is 2.36. The average Bonchev–Trinajstić information content (AvgIpc) is 2.51. The molecule has 1 amide bonds. The lowest BCUT2D eigenvalue weighted by atomic mass is 9.84. The van der Waals surface area contributed by atoms with E-state index in [0.29, 0.717) is 58.0 Å². The van der Waals surface area contributed by atoms with Crippen LogP contribution in [0.25, 0.3) is 0 Å². The van der Waals surface area contributed by atoms with E-state index in [1.165, 1.54) is 0 Å². The lowest BCUT2D eigenvalue weighted by Gasteiger charge is -2.44. The number of nitrogens with one attached hydrogen (secondary N) is 1. The van der Waals surface area contributed by atoms with Gasteiger partial charge < -0.3 is 24.4 Å². The molecule has 0 saturated carbocycles. The van der Waals surface area contributed by atoms with Crippen molar-refractivity contribution in [1.82, 2.24) is 10.2 Å². The van der Waals surface area contributed by atoms with Crippen molar-refractivity contribution in [2.75, 3.05) is 59.8 Å². The molecule has 2 heterocycles. The van der Waals surface area contributed by atoms with Gasteiger partial charge in [-0.05, 0) is 31.8 Å². The first-order valence-corrected chi connectivity index (χ1v) is 7.97. The number of piperidine rings is 2. The van der Waals surface area contributed by atoms with Gasteiger partial charge in [0, 0.05) is 26.1 Å². The van der Waals surface area contributed by atoms with Crippen molar-refractivity contribution in [1.29, 1.82) is 0 Å². The van der Waals surface area contributed by atoms with E-state index in [0.717, 1.165) is 25.9 Å². The molecular formula is C15H28N2O4. The van der Waals surface area contributed by atoms with Crippen LogP contribution >= 0.6 is 0 Å². The van der Waals surface area contributed by atoms with Gasteiger partial charge in [0.2, 0.25) is 5.91 Å². The summed E-state index contributed by atoms with van der Waals surface area (Å²) in [6, 6.07) is 0.411. The van der Waals surface area contributed by atoms with Gasteiger partial charge in [0.15, 0.2) is 0 Å². The maximum absolute atomic E-state index is 12.1. The van der Waals surface area contributed by atoms with E-state index in [-0.39, 0.29) is 5.91 Å². The smallest absolute Gasteiger partial charge is 0.222 e. The van der Waals surface area contributed by atoms with Gasteiger partial charge in [-0.15, -0.1) is 0 Å². The number of hydrogen-bond acceptors (Lipinski definition) is 5. The Morgan fingerprint density at radius 3 is 2.71 bits per heavy atom. The molecule has 0 aromatic rings. The Hall–Kier alpha value is -0.690. The number of fused-ring (bicyclic) bond motifs is 1. The number of ether oxygens (including phenoxy) is 3. The number of methoxy groups -OCH3 is 1. The van der Waals surface area contributed by atoms with Crippen molar-refractivity contribution >= 4 is 5.91 Å². The van der Waals surface area contributed by atoms with Crippen LogP contribution in [0, 0.1) is 5.92 Å². The molecule has 2 atom stereocenters. The summed E-state index contributed by atoms with van der Waals surface area (Å²) in [5.41, 5.74) is 0. The van der Waals surface area contributed by atoms with E-state index < -0.39 is 0 Å². The van der Waals surface area contributed by atoms with Gasteiger partial charge in [0.25, 0.3) is 0 Å². The van der Waals surface area contributed by atoms with Gasteiger partial charge in [0.05, 0.1) is 33.0 Å². The summed E-state index contributed by atoms with van der Waals surface area (Å²) in [7, 11) is 1.66. The third-order valence-electron chi connectivity index (χ3n) is 4.30. The van der Waals surface area contributed by atoms with E-state index >= 15 is 0 Å². The van der Waals surface area contributed by atoms with Crippen molar-refractivity contribution in [2.24, 2.45) is 5.92 Å². The molecule has 6 heteroatoms. The zero-order valence-corrected chi connectivity index (χ0v) is 13.0. The molecule has 1 N–H and O–H groups in total. The molecule has 0 bridgehead atoms. The number of likely N-dealkylation sites (tertiary alicyclic amines) is 1. The van der Waals surface area contributed by atoms with Crippen LogP contribution < -0.4 is 5.32 Å². The summed E-state index contributed by atoms with van der Waals surface area (Å²) in [6.07, 6.45) is 2.78. The van der Waals surface area contributed by atoms with Crippen molar-refractivity contribution < 1.29 is 19.0 Å². The van der Waals surface area contributed by atoms with Crippen molar-refractivity contribution in [3.63, 3.8) is 0 Å². The molecule has 0 aromatic carbocycles. The normalized spacial score (nSPS) is 26.0. The average molecular weight is 300 g/mol. The van der Waals surface area contributed by atoms with Gasteiger partial charge in [0.1, 0.15) is 0 Å². The Kier molecular flexibility index (Phi) is 7.43. The highest BCUT2D eigenvalue weighted by molar-refractivity contribution is 5.77. The van der Waals surface area contributed by atoms with Gasteiger partial charge in [-0.25, -0.2) is 0 Å². The Morgan fingerprint density at radius 1 is 1.14 bits per heavy atom. The molecule has 0 spiro atoms. The second-order valence-electron chi connectivity index (χ2n) is 5.66. The summed E-state index contributed by atoms with van der Waals surface area (Å²) in [4.78, 5) is 14.1. The Morgan fingerprint density at radius 2 is 1.90 bits per heavy atom. The minimum Gasteiger partial charge on any atom is -0.382 e. The fraction of sp³-hybridized carbons (Fsp3) is 0.933. The van der Waals surface area contributed by atoms with Crippen LogP contribution in [0.4, 0.5) is 0 Å². The quantitative estimate of drug-likeness (QED) is 0.619. The minimum atomic E-state index is 0.290. The summed E-state index contributed by atoms with van der Waals surface area (Å²) < 4.78 is 15.8. The molecule has 0 radical (unpaired) electrons. The molecule has 2 aliphatic rings. The molecule has 0 aromatic heterocycles. The second-order valence-corrected chi connectivity index (χ2v) is 5.66. The molecule has 21 heavy (non-hydrogen) atoms. The van der Waals surface area contributed by atoms with Crippen molar-refractivity contribution in [3.8, 4) is 0 Å². The zero-order valence-electron chi connectivity index (χ0n) is 13.0. The molecule has 122 valence electrons. The third kappa shape index (κ3) is 5.21. The first-order chi connectivity index (χ1) is 10.3. The first-order valence-electron chi connectivity index (χ1n) is 7.97. The van der Waals surface area contributed by atoms with Crippen LogP contribution in [0.2, 0.25) is 0 Å². The first kappa shape index (κ1) is 16.7. The van der Waals surface area contributed by atoms with Gasteiger partial charge in [-0.3, -0.25) is 4.79 Å². The molecule has 2 unspecified atom stereocenters. The third-order valence-corrected chi connectivity index (χ3v) is 4.30. The van der Waals surface area contributed by atoms with E-state index in [1.807, 2.05) is 4.90 Å². The number of nitrogens with zero attached hydrogens (tertiary/aromatic N) is 1. The maximum atomic E-state index is 12.1. The van der Waals surface area contributed by atoms with E-state index in [2.05, 4.69) is 5.32 Å². The Bertz CT molecular complexity index is 314. The van der Waals surface area contributed by atoms with E-state index in [4.69, 9.17) is 14.2 Å². The lowest BCUT2D eigenvalue weighted by molar-refractivity contribution is -0.140. The number of amides is 1. The summed E-state index contributed by atoms with van der Waals surface area (Å²) in [5.74, 6) is 0.909. The fourth-order valence-electron chi connectivity index (χ4n) is 3.17. The van der Waals surface area contributed by atoms with E-state index in [9.17, 15) is 4.79 Å². The van der Waals surface area contributed by atoms with Gasteiger partial charge in [-0.1, -0.05) is 0 Å². The van der Waals surface area contributed by atoms with Crippen LogP contribution in [0.15, 0.2) is 0 Å². The van der Waals surface area contributed by atoms with Crippen molar-refractivity contribution in [3.05, 3.63) is 0 Å². The molecule has 2 aliphatic heterocycles. The highest BCUT2D eigenvalue weighted by atomic mass is 16.5. The van der Waals surface area contributed by atoms with Crippen LogP contribution in [0.5, 0.6) is 0 Å². The molecule has 2 rings (SSSR count). The number of carbonyl (C=O) groups is 1. The second kappa shape index (κ2) is 9.35. The van der Waals surface area contributed by atoms with Gasteiger partial charge >= 0.3 is 0 Å².